The third kappa shape index (κ3) is 3.83. The molecule has 0 saturated carbocycles. The summed E-state index contributed by atoms with van der Waals surface area (Å²) in [6.07, 6.45) is 4.14. The summed E-state index contributed by atoms with van der Waals surface area (Å²) in [5, 5.41) is 4.37. The van der Waals surface area contributed by atoms with Crippen molar-refractivity contribution in [1.29, 1.82) is 0 Å². The molecule has 4 heterocycles. The maximum Gasteiger partial charge on any atom is 0.271 e. The van der Waals surface area contributed by atoms with Crippen molar-refractivity contribution in [2.45, 2.75) is 26.3 Å². The van der Waals surface area contributed by atoms with Crippen LogP contribution in [-0.4, -0.2) is 45.0 Å². The van der Waals surface area contributed by atoms with E-state index in [0.717, 1.165) is 34.2 Å². The minimum Gasteiger partial charge on any atom is -0.346 e. The number of carbonyl (C=O) groups excluding carboxylic acids is 1. The van der Waals surface area contributed by atoms with E-state index < -0.39 is 0 Å². The Morgan fingerprint density at radius 2 is 2.11 bits per heavy atom. The average Bonchev–Trinajstić information content (AvgIpc) is 3.28. The zero-order chi connectivity index (χ0) is 19.7. The normalized spacial score (nSPS) is 16.4. The number of halogens is 1. The van der Waals surface area contributed by atoms with Crippen LogP contribution in [0.1, 0.15) is 27.6 Å². The quantitative estimate of drug-likeness (QED) is 0.705. The molecule has 144 valence electrons. The van der Waals surface area contributed by atoms with Gasteiger partial charge in [-0.2, -0.15) is 0 Å². The summed E-state index contributed by atoms with van der Waals surface area (Å²) >= 11 is 7.69. The number of anilines is 1. The molecule has 0 radical (unpaired) electrons. The molecule has 1 amide bonds. The molecule has 1 unspecified atom stereocenters. The third-order valence-electron chi connectivity index (χ3n) is 4.56. The first-order valence-electron chi connectivity index (χ1n) is 8.95. The highest BCUT2D eigenvalue weighted by Gasteiger charge is 2.27. The van der Waals surface area contributed by atoms with E-state index in [1.807, 2.05) is 19.9 Å². The third-order valence-corrected chi connectivity index (χ3v) is 5.96. The lowest BCUT2D eigenvalue weighted by molar-refractivity contribution is 0.0935. The molecule has 28 heavy (non-hydrogen) atoms. The Morgan fingerprint density at radius 1 is 1.25 bits per heavy atom. The molecule has 1 N–H and O–H groups in total. The zero-order valence-electron chi connectivity index (χ0n) is 15.5. The highest BCUT2D eigenvalue weighted by atomic mass is 35.5. The number of nitrogens with zero attached hydrogens (tertiary/aromatic N) is 5. The van der Waals surface area contributed by atoms with E-state index in [0.29, 0.717) is 17.5 Å². The molecular weight excluding hydrogens is 396 g/mol. The fourth-order valence-corrected chi connectivity index (χ4v) is 4.36. The Balaban J connectivity index is 1.46. The maximum absolute atomic E-state index is 12.4. The Kier molecular flexibility index (Phi) is 5.23. The smallest absolute Gasteiger partial charge is 0.271 e. The standard InChI is InChI=1S/C19H19ClN6OS/c1-11-17(28-12(2)23-11)15-5-8-22-19(25-15)26-9-6-13(10-26)24-18(27)16-14(20)4-3-7-21-16/h3-5,7-8,13H,6,9-10H2,1-2H3,(H,24,27). The fraction of sp³-hybridized carbons (Fsp3) is 0.316. The number of amides is 1. The van der Waals surface area contributed by atoms with Crippen molar-refractivity contribution in [2.24, 2.45) is 0 Å². The van der Waals surface area contributed by atoms with Crippen LogP contribution in [0.25, 0.3) is 10.6 Å². The molecule has 0 spiro atoms. The molecule has 1 aliphatic rings. The van der Waals surface area contributed by atoms with Gasteiger partial charge in [-0.15, -0.1) is 11.3 Å². The van der Waals surface area contributed by atoms with Gasteiger partial charge >= 0.3 is 0 Å². The number of aryl methyl sites for hydroxylation is 2. The van der Waals surface area contributed by atoms with Crippen molar-refractivity contribution >= 4 is 34.8 Å². The Hall–Kier alpha value is -2.58. The number of rotatable bonds is 4. The molecular formula is C19H19ClN6OS. The number of hydrogen-bond acceptors (Lipinski definition) is 7. The first-order chi connectivity index (χ1) is 13.5. The van der Waals surface area contributed by atoms with Gasteiger partial charge in [0.15, 0.2) is 0 Å². The molecule has 1 fully saturated rings. The van der Waals surface area contributed by atoms with Gasteiger partial charge in [0, 0.05) is 31.5 Å². The molecule has 0 aliphatic carbocycles. The number of pyridine rings is 1. The molecule has 7 nitrogen and oxygen atoms in total. The summed E-state index contributed by atoms with van der Waals surface area (Å²) in [6, 6.07) is 5.26. The molecule has 4 rings (SSSR count). The number of thiazole rings is 1. The SMILES string of the molecule is Cc1nc(C)c(-c2ccnc(N3CCC(NC(=O)c4ncccc4Cl)C3)n2)s1. The van der Waals surface area contributed by atoms with E-state index in [2.05, 4.69) is 25.2 Å². The first-order valence-corrected chi connectivity index (χ1v) is 10.1. The van der Waals surface area contributed by atoms with Gasteiger partial charge in [-0.05, 0) is 38.5 Å². The van der Waals surface area contributed by atoms with Crippen LogP contribution in [0.5, 0.6) is 0 Å². The second-order valence-electron chi connectivity index (χ2n) is 6.63. The van der Waals surface area contributed by atoms with E-state index in [-0.39, 0.29) is 17.6 Å². The van der Waals surface area contributed by atoms with E-state index in [1.165, 1.54) is 0 Å². The van der Waals surface area contributed by atoms with Gasteiger partial charge in [0.05, 0.1) is 26.3 Å². The summed E-state index contributed by atoms with van der Waals surface area (Å²) in [5.41, 5.74) is 2.10. The van der Waals surface area contributed by atoms with Crippen LogP contribution in [0.4, 0.5) is 5.95 Å². The minimum atomic E-state index is -0.261. The van der Waals surface area contributed by atoms with Crippen molar-refractivity contribution in [3.05, 3.63) is 52.0 Å². The van der Waals surface area contributed by atoms with E-state index in [9.17, 15) is 4.79 Å². The highest BCUT2D eigenvalue weighted by molar-refractivity contribution is 7.15. The fourth-order valence-electron chi connectivity index (χ4n) is 3.26. The van der Waals surface area contributed by atoms with Gasteiger partial charge in [0.2, 0.25) is 5.95 Å². The second kappa shape index (κ2) is 7.81. The highest BCUT2D eigenvalue weighted by Crippen LogP contribution is 2.29. The molecule has 3 aromatic rings. The van der Waals surface area contributed by atoms with Crippen molar-refractivity contribution in [3.8, 4) is 10.6 Å². The van der Waals surface area contributed by atoms with Crippen LogP contribution >= 0.6 is 22.9 Å². The largest absolute Gasteiger partial charge is 0.346 e. The molecule has 0 bridgehead atoms. The lowest BCUT2D eigenvalue weighted by Gasteiger charge is -2.17. The lowest BCUT2D eigenvalue weighted by atomic mass is 10.2. The Bertz CT molecular complexity index is 1020. The Labute approximate surface area is 171 Å². The van der Waals surface area contributed by atoms with Crippen LogP contribution in [0, 0.1) is 13.8 Å². The number of hydrogen-bond donors (Lipinski definition) is 1. The second-order valence-corrected chi connectivity index (χ2v) is 8.24. The predicted molar refractivity (Wildman–Crippen MR) is 110 cm³/mol. The zero-order valence-corrected chi connectivity index (χ0v) is 17.1. The van der Waals surface area contributed by atoms with Gasteiger partial charge in [0.25, 0.3) is 5.91 Å². The summed E-state index contributed by atoms with van der Waals surface area (Å²) in [7, 11) is 0. The summed E-state index contributed by atoms with van der Waals surface area (Å²) < 4.78 is 0. The van der Waals surface area contributed by atoms with Crippen molar-refractivity contribution in [1.82, 2.24) is 25.3 Å². The Morgan fingerprint density at radius 3 is 2.86 bits per heavy atom. The van der Waals surface area contributed by atoms with Gasteiger partial charge in [0.1, 0.15) is 5.69 Å². The molecule has 1 aliphatic heterocycles. The van der Waals surface area contributed by atoms with E-state index >= 15 is 0 Å². The van der Waals surface area contributed by atoms with Crippen LogP contribution in [-0.2, 0) is 0 Å². The number of nitrogens with one attached hydrogen (secondary N) is 1. The minimum absolute atomic E-state index is 0.00906. The van der Waals surface area contributed by atoms with Crippen LogP contribution in [0.2, 0.25) is 5.02 Å². The number of aromatic nitrogens is 4. The van der Waals surface area contributed by atoms with Crippen molar-refractivity contribution < 1.29 is 4.79 Å². The predicted octanol–water partition coefficient (Wildman–Crippen LogP) is 3.27. The van der Waals surface area contributed by atoms with Crippen LogP contribution < -0.4 is 10.2 Å². The molecule has 1 saturated heterocycles. The van der Waals surface area contributed by atoms with Crippen LogP contribution in [0.3, 0.4) is 0 Å². The summed E-state index contributed by atoms with van der Waals surface area (Å²) in [4.78, 5) is 33.3. The molecule has 0 aromatic carbocycles. The maximum atomic E-state index is 12.4. The topological polar surface area (TPSA) is 83.9 Å². The van der Waals surface area contributed by atoms with Crippen molar-refractivity contribution in [2.75, 3.05) is 18.0 Å². The van der Waals surface area contributed by atoms with Gasteiger partial charge in [-0.3, -0.25) is 4.79 Å². The van der Waals surface area contributed by atoms with Gasteiger partial charge in [-0.25, -0.2) is 19.9 Å². The van der Waals surface area contributed by atoms with Gasteiger partial charge < -0.3 is 10.2 Å². The summed E-state index contributed by atoms with van der Waals surface area (Å²) in [6.45, 7) is 5.39. The number of carbonyl (C=O) groups is 1. The molecule has 9 heteroatoms. The van der Waals surface area contributed by atoms with Crippen molar-refractivity contribution in [3.63, 3.8) is 0 Å². The average molecular weight is 415 g/mol. The molecule has 3 aromatic heterocycles. The van der Waals surface area contributed by atoms with Gasteiger partial charge in [-0.1, -0.05) is 11.6 Å². The monoisotopic (exact) mass is 414 g/mol. The van der Waals surface area contributed by atoms with E-state index in [1.54, 1.807) is 35.9 Å². The molecule has 1 atom stereocenters. The lowest BCUT2D eigenvalue weighted by Crippen LogP contribution is -2.37. The summed E-state index contributed by atoms with van der Waals surface area (Å²) in [5.74, 6) is 0.401. The first kappa shape index (κ1) is 18.8. The van der Waals surface area contributed by atoms with Crippen LogP contribution in [0.15, 0.2) is 30.6 Å². The van der Waals surface area contributed by atoms with E-state index in [4.69, 9.17) is 16.6 Å².